The number of hydrogen-bond donors (Lipinski definition) is 1. The van der Waals surface area contributed by atoms with Crippen molar-refractivity contribution in [3.63, 3.8) is 0 Å². The molecular formula is C22H14ClF3N8O2. The molecule has 0 saturated carbocycles. The van der Waals surface area contributed by atoms with Crippen molar-refractivity contribution in [1.82, 2.24) is 34.3 Å². The van der Waals surface area contributed by atoms with E-state index in [1.165, 1.54) is 29.2 Å². The summed E-state index contributed by atoms with van der Waals surface area (Å²) in [6.07, 6.45) is 0.00945. The second-order valence-electron chi connectivity index (χ2n) is 7.58. The molecule has 0 atom stereocenters. The molecule has 1 aromatic carbocycles. The van der Waals surface area contributed by atoms with Gasteiger partial charge in [-0.05, 0) is 12.1 Å². The molecule has 1 N–H and O–H groups in total. The minimum absolute atomic E-state index is 0.0424. The molecule has 0 bridgehead atoms. The number of amides is 1. The zero-order chi connectivity index (χ0) is 25.6. The maximum atomic E-state index is 13.8. The average Bonchev–Trinajstić information content (AvgIpc) is 3.52. The molecule has 0 radical (unpaired) electrons. The molecule has 14 heteroatoms. The van der Waals surface area contributed by atoms with E-state index in [2.05, 4.69) is 25.6 Å². The van der Waals surface area contributed by atoms with Gasteiger partial charge < -0.3 is 9.88 Å². The van der Waals surface area contributed by atoms with Crippen molar-refractivity contribution in [2.75, 3.05) is 5.32 Å². The van der Waals surface area contributed by atoms with E-state index < -0.39 is 28.9 Å². The largest absolute Gasteiger partial charge is 0.435 e. The highest BCUT2D eigenvalue weighted by Gasteiger charge is 2.39. The van der Waals surface area contributed by atoms with E-state index in [0.717, 1.165) is 21.7 Å². The van der Waals surface area contributed by atoms with Crippen LogP contribution < -0.4 is 10.9 Å². The highest BCUT2D eigenvalue weighted by Crippen LogP contribution is 2.33. The maximum Gasteiger partial charge on any atom is 0.435 e. The Bertz CT molecular complexity index is 1680. The minimum atomic E-state index is -4.95. The SMILES string of the molecule is Cn1c(=O)cc(-n2cc(C(=O)Nc3cnc(-n4nccn4)c(Cl)c3)c(C(F)(F)F)n2)c2ccccc21. The second kappa shape index (κ2) is 8.61. The Balaban J connectivity index is 1.55. The number of rotatable bonds is 4. The van der Waals surface area contributed by atoms with E-state index in [4.69, 9.17) is 11.6 Å². The number of carbonyl (C=O) groups is 1. The normalized spacial score (nSPS) is 11.7. The van der Waals surface area contributed by atoms with Gasteiger partial charge in [-0.15, -0.1) is 4.80 Å². The van der Waals surface area contributed by atoms with Gasteiger partial charge in [0.15, 0.2) is 11.5 Å². The van der Waals surface area contributed by atoms with Gasteiger partial charge in [-0.1, -0.05) is 29.8 Å². The number of halogens is 4. The molecule has 5 rings (SSSR count). The maximum absolute atomic E-state index is 13.8. The number of aryl methyl sites for hydroxylation is 1. The number of nitrogens with one attached hydrogen (secondary N) is 1. The Labute approximate surface area is 204 Å². The molecule has 4 aromatic heterocycles. The first-order chi connectivity index (χ1) is 17.1. The van der Waals surface area contributed by atoms with E-state index in [-0.39, 0.29) is 22.2 Å². The summed E-state index contributed by atoms with van der Waals surface area (Å²) in [6, 6.07) is 9.13. The van der Waals surface area contributed by atoms with Crippen LogP contribution in [0.25, 0.3) is 22.4 Å². The highest BCUT2D eigenvalue weighted by molar-refractivity contribution is 6.32. The first-order valence-electron chi connectivity index (χ1n) is 10.2. The fraction of sp³-hybridized carbons (Fsp3) is 0.0909. The van der Waals surface area contributed by atoms with Crippen molar-refractivity contribution in [2.45, 2.75) is 6.18 Å². The fourth-order valence-electron chi connectivity index (χ4n) is 3.63. The lowest BCUT2D eigenvalue weighted by Crippen LogP contribution is -2.18. The molecule has 0 unspecified atom stereocenters. The van der Waals surface area contributed by atoms with E-state index in [1.54, 1.807) is 31.3 Å². The fourth-order valence-corrected chi connectivity index (χ4v) is 3.87. The molecule has 182 valence electrons. The summed E-state index contributed by atoms with van der Waals surface area (Å²) in [5.41, 5.74) is -1.99. The summed E-state index contributed by atoms with van der Waals surface area (Å²) >= 11 is 6.18. The molecule has 0 aliphatic rings. The van der Waals surface area contributed by atoms with Gasteiger partial charge in [-0.2, -0.15) is 28.5 Å². The highest BCUT2D eigenvalue weighted by atomic mass is 35.5. The van der Waals surface area contributed by atoms with Gasteiger partial charge in [0.2, 0.25) is 0 Å². The Morgan fingerprint density at radius 1 is 1.11 bits per heavy atom. The molecule has 0 spiro atoms. The third-order valence-corrected chi connectivity index (χ3v) is 5.57. The van der Waals surface area contributed by atoms with Crippen LogP contribution >= 0.6 is 11.6 Å². The van der Waals surface area contributed by atoms with E-state index in [1.807, 2.05) is 0 Å². The Kier molecular flexibility index (Phi) is 5.55. The van der Waals surface area contributed by atoms with Crippen LogP contribution in [0.15, 0.2) is 66.0 Å². The number of fused-ring (bicyclic) bond motifs is 1. The zero-order valence-electron chi connectivity index (χ0n) is 18.2. The Hall–Kier alpha value is -4.52. The minimum Gasteiger partial charge on any atom is -0.320 e. The molecule has 0 aliphatic heterocycles. The van der Waals surface area contributed by atoms with Gasteiger partial charge >= 0.3 is 6.18 Å². The van der Waals surface area contributed by atoms with Crippen molar-refractivity contribution in [1.29, 1.82) is 0 Å². The Morgan fingerprint density at radius 2 is 1.83 bits per heavy atom. The lowest BCUT2D eigenvalue weighted by Gasteiger charge is -2.10. The molecule has 10 nitrogen and oxygen atoms in total. The predicted molar refractivity (Wildman–Crippen MR) is 123 cm³/mol. The standard InChI is InChI=1S/C22H14ClF3N8O2/c1-32-16-5-3-2-4-13(16)17(9-18(32)35)33-11-14(19(31-33)22(24,25)26)21(36)30-12-8-15(23)20(27-10-12)34-28-6-7-29-34/h2-11H,1H3,(H,30,36). The quantitative estimate of drug-likeness (QED) is 0.392. The zero-order valence-corrected chi connectivity index (χ0v) is 19.0. The van der Waals surface area contributed by atoms with Crippen molar-refractivity contribution in [3.05, 3.63) is 87.8 Å². The summed E-state index contributed by atoms with van der Waals surface area (Å²) < 4.78 is 43.7. The number of benzene rings is 1. The van der Waals surface area contributed by atoms with E-state index in [9.17, 15) is 22.8 Å². The smallest absolute Gasteiger partial charge is 0.320 e. The van der Waals surface area contributed by atoms with Crippen molar-refractivity contribution >= 4 is 34.1 Å². The van der Waals surface area contributed by atoms with Crippen LogP contribution in [0, 0.1) is 0 Å². The van der Waals surface area contributed by atoms with Crippen molar-refractivity contribution < 1.29 is 18.0 Å². The number of para-hydroxylation sites is 1. The van der Waals surface area contributed by atoms with Crippen LogP contribution in [0.3, 0.4) is 0 Å². The summed E-state index contributed by atoms with van der Waals surface area (Å²) in [6.45, 7) is 0. The number of hydrogen-bond acceptors (Lipinski definition) is 6. The summed E-state index contributed by atoms with van der Waals surface area (Å²) in [5.74, 6) is -0.925. The number of alkyl halides is 3. The lowest BCUT2D eigenvalue weighted by atomic mass is 10.2. The topological polar surface area (TPSA) is 113 Å². The third kappa shape index (κ3) is 4.09. The van der Waals surface area contributed by atoms with Gasteiger partial charge in [0.05, 0.1) is 46.1 Å². The van der Waals surface area contributed by atoms with Gasteiger partial charge in [-0.3, -0.25) is 9.59 Å². The van der Waals surface area contributed by atoms with Crippen LogP contribution in [0.1, 0.15) is 16.1 Å². The number of anilines is 1. The summed E-state index contributed by atoms with van der Waals surface area (Å²) in [5, 5.41) is 14.3. The van der Waals surface area contributed by atoms with E-state index >= 15 is 0 Å². The molecule has 0 aliphatic carbocycles. The van der Waals surface area contributed by atoms with Crippen LogP contribution in [0.4, 0.5) is 18.9 Å². The summed E-state index contributed by atoms with van der Waals surface area (Å²) in [4.78, 5) is 30.5. The van der Waals surface area contributed by atoms with Gasteiger partial charge in [0.25, 0.3) is 11.5 Å². The van der Waals surface area contributed by atoms with Crippen molar-refractivity contribution in [3.8, 4) is 11.5 Å². The van der Waals surface area contributed by atoms with Crippen LogP contribution in [0.2, 0.25) is 5.02 Å². The lowest BCUT2D eigenvalue weighted by molar-refractivity contribution is -0.141. The van der Waals surface area contributed by atoms with Crippen molar-refractivity contribution in [2.24, 2.45) is 7.05 Å². The molecule has 0 fully saturated rings. The predicted octanol–water partition coefficient (Wildman–Crippen LogP) is 3.62. The molecule has 5 aromatic rings. The number of pyridine rings is 2. The molecule has 0 saturated heterocycles. The molecule has 36 heavy (non-hydrogen) atoms. The molecule has 1 amide bonds. The first-order valence-corrected chi connectivity index (χ1v) is 10.6. The Morgan fingerprint density at radius 3 is 2.53 bits per heavy atom. The molecule has 4 heterocycles. The van der Waals surface area contributed by atoms with Gasteiger partial charge in [0, 0.05) is 24.7 Å². The monoisotopic (exact) mass is 514 g/mol. The van der Waals surface area contributed by atoms with Crippen LogP contribution in [-0.2, 0) is 13.2 Å². The third-order valence-electron chi connectivity index (χ3n) is 5.29. The van der Waals surface area contributed by atoms with Gasteiger partial charge in [0.1, 0.15) is 0 Å². The average molecular weight is 515 g/mol. The molecular weight excluding hydrogens is 501 g/mol. The second-order valence-corrected chi connectivity index (χ2v) is 7.99. The number of nitrogens with zero attached hydrogens (tertiary/aromatic N) is 7. The van der Waals surface area contributed by atoms with E-state index in [0.29, 0.717) is 10.9 Å². The van der Waals surface area contributed by atoms with Gasteiger partial charge in [-0.25, -0.2) is 9.67 Å². The van der Waals surface area contributed by atoms with Crippen LogP contribution in [-0.4, -0.2) is 40.2 Å². The number of carbonyl (C=O) groups excluding carboxylic acids is 1. The van der Waals surface area contributed by atoms with Crippen LogP contribution in [0.5, 0.6) is 0 Å². The first kappa shape index (κ1) is 23.2. The number of aromatic nitrogens is 7. The summed E-state index contributed by atoms with van der Waals surface area (Å²) in [7, 11) is 1.55.